The van der Waals surface area contributed by atoms with Crippen molar-refractivity contribution in [1.29, 1.82) is 5.26 Å². The molecule has 1 fully saturated rings. The fraction of sp³-hybridized carbons (Fsp3) is 0.273. The van der Waals surface area contributed by atoms with E-state index in [4.69, 9.17) is 4.98 Å². The lowest BCUT2D eigenvalue weighted by Gasteiger charge is -2.33. The topological polar surface area (TPSA) is 77.3 Å². The predicted molar refractivity (Wildman–Crippen MR) is 117 cm³/mol. The number of nitriles is 1. The lowest BCUT2D eigenvalue weighted by molar-refractivity contribution is 0.180. The summed E-state index contributed by atoms with van der Waals surface area (Å²) in [6.45, 7) is 4.83. The Bertz CT molecular complexity index is 1170. The molecule has 30 heavy (non-hydrogen) atoms. The maximum Gasteiger partial charge on any atom is 0.244 e. The van der Waals surface area contributed by atoms with Crippen molar-refractivity contribution < 1.29 is 8.42 Å². The van der Waals surface area contributed by atoms with E-state index in [1.807, 2.05) is 6.07 Å². The Morgan fingerprint density at radius 2 is 1.77 bits per heavy atom. The fourth-order valence-electron chi connectivity index (χ4n) is 3.49. The van der Waals surface area contributed by atoms with E-state index >= 15 is 0 Å². The predicted octanol–water partition coefficient (Wildman–Crippen LogP) is 3.50. The van der Waals surface area contributed by atoms with Gasteiger partial charge in [0.15, 0.2) is 0 Å². The zero-order valence-corrected chi connectivity index (χ0v) is 18.3. The van der Waals surface area contributed by atoms with E-state index in [2.05, 4.69) is 41.5 Å². The Morgan fingerprint density at radius 1 is 1.07 bits per heavy atom. The van der Waals surface area contributed by atoms with Crippen LogP contribution in [0.15, 0.2) is 58.8 Å². The molecule has 1 saturated heterocycles. The van der Waals surface area contributed by atoms with E-state index in [1.165, 1.54) is 22.0 Å². The molecule has 2 heterocycles. The van der Waals surface area contributed by atoms with Crippen LogP contribution in [0.3, 0.4) is 0 Å². The molecule has 154 valence electrons. The monoisotopic (exact) mass is 438 g/mol. The summed E-state index contributed by atoms with van der Waals surface area (Å²) in [5, 5.41) is 12.3. The van der Waals surface area contributed by atoms with Gasteiger partial charge in [-0.3, -0.25) is 4.90 Å². The van der Waals surface area contributed by atoms with Gasteiger partial charge >= 0.3 is 0 Å². The number of aryl methyl sites for hydroxylation is 1. The van der Waals surface area contributed by atoms with Gasteiger partial charge in [-0.25, -0.2) is 13.4 Å². The second-order valence-electron chi connectivity index (χ2n) is 7.30. The van der Waals surface area contributed by atoms with Gasteiger partial charge in [0, 0.05) is 43.7 Å². The zero-order valence-electron chi connectivity index (χ0n) is 16.7. The van der Waals surface area contributed by atoms with Crippen LogP contribution in [0.25, 0.3) is 10.6 Å². The van der Waals surface area contributed by atoms with Gasteiger partial charge in [0.25, 0.3) is 0 Å². The minimum absolute atomic E-state index is 0.0863. The van der Waals surface area contributed by atoms with Crippen molar-refractivity contribution in [3.05, 3.63) is 70.7 Å². The number of aromatic nitrogens is 1. The van der Waals surface area contributed by atoms with Crippen LogP contribution in [0.2, 0.25) is 0 Å². The smallest absolute Gasteiger partial charge is 0.244 e. The van der Waals surface area contributed by atoms with Crippen LogP contribution in [0.1, 0.15) is 16.8 Å². The number of piperazine rings is 1. The first-order valence-electron chi connectivity index (χ1n) is 9.70. The van der Waals surface area contributed by atoms with E-state index in [1.54, 1.807) is 23.5 Å². The summed E-state index contributed by atoms with van der Waals surface area (Å²) in [5.74, 6) is 0. The summed E-state index contributed by atoms with van der Waals surface area (Å²) in [5.41, 5.74) is 3.53. The summed E-state index contributed by atoms with van der Waals surface area (Å²) in [6.07, 6.45) is 0. The van der Waals surface area contributed by atoms with Gasteiger partial charge in [-0.15, -0.1) is 11.3 Å². The molecule has 0 saturated carbocycles. The Kier molecular flexibility index (Phi) is 5.97. The molecule has 3 aromatic rings. The van der Waals surface area contributed by atoms with Gasteiger partial charge in [0.05, 0.1) is 16.2 Å². The molecule has 1 aromatic heterocycles. The second kappa shape index (κ2) is 8.66. The maximum atomic E-state index is 13.0. The summed E-state index contributed by atoms with van der Waals surface area (Å²) in [7, 11) is -3.67. The fourth-order valence-corrected chi connectivity index (χ4v) is 5.87. The minimum atomic E-state index is -3.67. The van der Waals surface area contributed by atoms with Gasteiger partial charge in [-0.05, 0) is 19.1 Å². The quantitative estimate of drug-likeness (QED) is 0.609. The Hall–Kier alpha value is -2.57. The van der Waals surface area contributed by atoms with Crippen molar-refractivity contribution >= 4 is 21.4 Å². The highest BCUT2D eigenvalue weighted by Gasteiger charge is 2.30. The van der Waals surface area contributed by atoms with Crippen LogP contribution in [0.5, 0.6) is 0 Å². The number of rotatable bonds is 5. The Balaban J connectivity index is 1.39. The molecule has 1 aliphatic heterocycles. The lowest BCUT2D eigenvalue weighted by atomic mass is 10.2. The van der Waals surface area contributed by atoms with Crippen LogP contribution in [-0.2, 0) is 16.6 Å². The average molecular weight is 439 g/mol. The molecule has 0 spiro atoms. The van der Waals surface area contributed by atoms with Crippen LogP contribution < -0.4 is 0 Å². The standard InChI is InChI=1S/C22H22N4O2S2/c1-17-6-8-18(9-7-17)22-24-20(16-29-22)15-25-10-12-26(13-11-25)30(27,28)21-5-3-2-4-19(21)14-23/h2-9,16H,10-13,15H2,1H3. The molecule has 0 radical (unpaired) electrons. The van der Waals surface area contributed by atoms with Crippen molar-refractivity contribution in [2.75, 3.05) is 26.2 Å². The van der Waals surface area contributed by atoms with E-state index < -0.39 is 10.0 Å². The first-order chi connectivity index (χ1) is 14.5. The molecule has 0 unspecified atom stereocenters. The van der Waals surface area contributed by atoms with Gasteiger partial charge in [0.1, 0.15) is 11.1 Å². The third-order valence-corrected chi connectivity index (χ3v) is 8.09. The summed E-state index contributed by atoms with van der Waals surface area (Å²) in [6, 6.07) is 16.7. The molecular weight excluding hydrogens is 416 g/mol. The van der Waals surface area contributed by atoms with E-state index in [9.17, 15) is 13.7 Å². The average Bonchev–Trinajstić information content (AvgIpc) is 3.23. The van der Waals surface area contributed by atoms with Crippen molar-refractivity contribution in [3.8, 4) is 16.6 Å². The van der Waals surface area contributed by atoms with E-state index in [0.29, 0.717) is 32.7 Å². The molecular formula is C22H22N4O2S2. The first kappa shape index (κ1) is 20.7. The van der Waals surface area contributed by atoms with Crippen LogP contribution in [-0.4, -0.2) is 48.8 Å². The number of hydrogen-bond acceptors (Lipinski definition) is 6. The SMILES string of the molecule is Cc1ccc(-c2nc(CN3CCN(S(=O)(=O)c4ccccc4C#N)CC3)cs2)cc1. The van der Waals surface area contributed by atoms with Crippen LogP contribution in [0.4, 0.5) is 0 Å². The van der Waals surface area contributed by atoms with Crippen molar-refractivity contribution in [1.82, 2.24) is 14.2 Å². The highest BCUT2D eigenvalue weighted by atomic mass is 32.2. The van der Waals surface area contributed by atoms with Gasteiger partial charge < -0.3 is 0 Å². The lowest BCUT2D eigenvalue weighted by Crippen LogP contribution is -2.48. The normalized spacial score (nSPS) is 15.7. The van der Waals surface area contributed by atoms with Crippen molar-refractivity contribution in [2.45, 2.75) is 18.4 Å². The van der Waals surface area contributed by atoms with Gasteiger partial charge in [0.2, 0.25) is 10.0 Å². The number of thiazole rings is 1. The number of nitrogens with zero attached hydrogens (tertiary/aromatic N) is 4. The van der Waals surface area contributed by atoms with Crippen LogP contribution >= 0.6 is 11.3 Å². The molecule has 0 atom stereocenters. The van der Waals surface area contributed by atoms with E-state index in [0.717, 1.165) is 16.3 Å². The zero-order chi connectivity index (χ0) is 21.1. The Morgan fingerprint density at radius 3 is 2.47 bits per heavy atom. The molecule has 6 nitrogen and oxygen atoms in total. The maximum absolute atomic E-state index is 13.0. The van der Waals surface area contributed by atoms with Crippen molar-refractivity contribution in [2.24, 2.45) is 0 Å². The third kappa shape index (κ3) is 4.30. The second-order valence-corrected chi connectivity index (χ2v) is 10.1. The van der Waals surface area contributed by atoms with Gasteiger partial charge in [-0.2, -0.15) is 9.57 Å². The number of hydrogen-bond donors (Lipinski definition) is 0. The highest BCUT2D eigenvalue weighted by Crippen LogP contribution is 2.25. The van der Waals surface area contributed by atoms with Crippen LogP contribution in [0, 0.1) is 18.3 Å². The van der Waals surface area contributed by atoms with Crippen molar-refractivity contribution in [3.63, 3.8) is 0 Å². The minimum Gasteiger partial charge on any atom is -0.295 e. The number of benzene rings is 2. The summed E-state index contributed by atoms with van der Waals surface area (Å²) < 4.78 is 27.4. The largest absolute Gasteiger partial charge is 0.295 e. The number of sulfonamides is 1. The third-order valence-electron chi connectivity index (χ3n) is 5.19. The molecule has 8 heteroatoms. The molecule has 2 aromatic carbocycles. The summed E-state index contributed by atoms with van der Waals surface area (Å²) >= 11 is 1.63. The highest BCUT2D eigenvalue weighted by molar-refractivity contribution is 7.89. The first-order valence-corrected chi connectivity index (χ1v) is 12.0. The molecule has 0 amide bonds. The molecule has 1 aliphatic rings. The molecule has 0 N–H and O–H groups in total. The summed E-state index contributed by atoms with van der Waals surface area (Å²) in [4.78, 5) is 7.06. The van der Waals surface area contributed by atoms with E-state index in [-0.39, 0.29) is 10.5 Å². The molecule has 4 rings (SSSR count). The molecule has 0 aliphatic carbocycles. The van der Waals surface area contributed by atoms with Gasteiger partial charge in [-0.1, -0.05) is 42.0 Å². The molecule has 0 bridgehead atoms. The Labute approximate surface area is 181 Å².